The molecular weight excluding hydrogens is 212 g/mol. The molecule has 1 aromatic rings. The maximum absolute atomic E-state index is 9.44. The summed E-state index contributed by atoms with van der Waals surface area (Å²) in [5, 5.41) is 9.44. The number of ether oxygens (including phenoxy) is 1. The maximum Gasteiger partial charge on any atom is 0.122 e. The zero-order valence-electron chi connectivity index (χ0n) is 11.4. The second-order valence-corrected chi connectivity index (χ2v) is 4.82. The van der Waals surface area contributed by atoms with Gasteiger partial charge >= 0.3 is 0 Å². The molecule has 0 radical (unpaired) electrons. The van der Waals surface area contributed by atoms with Crippen molar-refractivity contribution in [3.63, 3.8) is 0 Å². The van der Waals surface area contributed by atoms with Gasteiger partial charge in [-0.05, 0) is 29.5 Å². The van der Waals surface area contributed by atoms with Gasteiger partial charge in [0.25, 0.3) is 0 Å². The van der Waals surface area contributed by atoms with Gasteiger partial charge in [0.1, 0.15) is 5.75 Å². The van der Waals surface area contributed by atoms with Crippen LogP contribution in [0.3, 0.4) is 0 Å². The van der Waals surface area contributed by atoms with Gasteiger partial charge in [-0.25, -0.2) is 0 Å². The Hall–Kier alpha value is -1.02. The molecule has 0 aliphatic carbocycles. The summed E-state index contributed by atoms with van der Waals surface area (Å²) in [6.45, 7) is 6.69. The van der Waals surface area contributed by atoms with E-state index in [1.807, 2.05) is 6.07 Å². The summed E-state index contributed by atoms with van der Waals surface area (Å²) < 4.78 is 5.37. The second kappa shape index (κ2) is 6.65. The molecule has 0 bridgehead atoms. The largest absolute Gasteiger partial charge is 0.496 e. The van der Waals surface area contributed by atoms with Gasteiger partial charge in [-0.15, -0.1) is 0 Å². The van der Waals surface area contributed by atoms with Crippen LogP contribution < -0.4 is 4.74 Å². The molecule has 0 amide bonds. The molecule has 0 aliphatic rings. The molecule has 96 valence electrons. The Morgan fingerprint density at radius 3 is 2.47 bits per heavy atom. The van der Waals surface area contributed by atoms with E-state index in [0.717, 1.165) is 18.6 Å². The van der Waals surface area contributed by atoms with Crippen molar-refractivity contribution in [2.45, 2.75) is 45.4 Å². The molecule has 17 heavy (non-hydrogen) atoms. The quantitative estimate of drug-likeness (QED) is 0.816. The van der Waals surface area contributed by atoms with E-state index >= 15 is 0 Å². The normalized spacial score (nSPS) is 12.8. The smallest absolute Gasteiger partial charge is 0.122 e. The van der Waals surface area contributed by atoms with E-state index in [4.69, 9.17) is 4.74 Å². The number of rotatable bonds is 6. The van der Waals surface area contributed by atoms with Gasteiger partial charge < -0.3 is 9.84 Å². The first-order valence-corrected chi connectivity index (χ1v) is 6.42. The topological polar surface area (TPSA) is 29.5 Å². The third-order valence-electron chi connectivity index (χ3n) is 3.20. The predicted octanol–water partition coefficient (Wildman–Crippen LogP) is 3.69. The van der Waals surface area contributed by atoms with Gasteiger partial charge in [-0.2, -0.15) is 0 Å². The first-order valence-electron chi connectivity index (χ1n) is 6.42. The van der Waals surface area contributed by atoms with Crippen LogP contribution in [0.2, 0.25) is 0 Å². The van der Waals surface area contributed by atoms with Crippen LogP contribution in [0.1, 0.15) is 56.6 Å². The lowest BCUT2D eigenvalue weighted by Crippen LogP contribution is -2.05. The average Bonchev–Trinajstić information content (AvgIpc) is 2.35. The minimum absolute atomic E-state index is 0.220. The van der Waals surface area contributed by atoms with E-state index < -0.39 is 0 Å². The summed E-state index contributed by atoms with van der Waals surface area (Å²) in [6.07, 6.45) is 2.12. The van der Waals surface area contributed by atoms with Crippen molar-refractivity contribution in [2.75, 3.05) is 13.7 Å². The summed E-state index contributed by atoms with van der Waals surface area (Å²) in [5.41, 5.74) is 2.44. The highest BCUT2D eigenvalue weighted by atomic mass is 16.5. The molecule has 2 heteroatoms. The van der Waals surface area contributed by atoms with Crippen molar-refractivity contribution in [3.8, 4) is 5.75 Å². The van der Waals surface area contributed by atoms with Crippen LogP contribution in [0.15, 0.2) is 18.2 Å². The fourth-order valence-electron chi connectivity index (χ4n) is 2.17. The van der Waals surface area contributed by atoms with Crippen molar-refractivity contribution in [1.29, 1.82) is 0 Å². The molecule has 1 rings (SSSR count). The standard InChI is InChI=1S/C15H24O2/c1-5-6-13(10-16)12-7-8-15(17-4)14(9-12)11(2)3/h7-9,11,13,16H,5-6,10H2,1-4H3. The Labute approximate surface area is 105 Å². The fraction of sp³-hybridized carbons (Fsp3) is 0.600. The molecule has 0 aromatic heterocycles. The Balaban J connectivity index is 3.05. The molecule has 0 fully saturated rings. The van der Waals surface area contributed by atoms with Crippen LogP contribution in [0, 0.1) is 0 Å². The molecule has 0 spiro atoms. The van der Waals surface area contributed by atoms with Gasteiger partial charge in [-0.1, -0.05) is 39.3 Å². The second-order valence-electron chi connectivity index (χ2n) is 4.82. The summed E-state index contributed by atoms with van der Waals surface area (Å²) in [7, 11) is 1.70. The highest BCUT2D eigenvalue weighted by Crippen LogP contribution is 2.31. The fourth-order valence-corrected chi connectivity index (χ4v) is 2.17. The predicted molar refractivity (Wildman–Crippen MR) is 71.8 cm³/mol. The maximum atomic E-state index is 9.44. The zero-order chi connectivity index (χ0) is 12.8. The van der Waals surface area contributed by atoms with Crippen LogP contribution in [-0.4, -0.2) is 18.8 Å². The molecule has 2 nitrogen and oxygen atoms in total. The minimum Gasteiger partial charge on any atom is -0.496 e. The molecule has 0 saturated carbocycles. The monoisotopic (exact) mass is 236 g/mol. The van der Waals surface area contributed by atoms with Crippen LogP contribution in [-0.2, 0) is 0 Å². The summed E-state index contributed by atoms with van der Waals surface area (Å²) in [5.74, 6) is 1.63. The Bertz CT molecular complexity index is 345. The molecule has 1 atom stereocenters. The van der Waals surface area contributed by atoms with Crippen molar-refractivity contribution in [1.82, 2.24) is 0 Å². The van der Waals surface area contributed by atoms with Crippen molar-refractivity contribution in [3.05, 3.63) is 29.3 Å². The summed E-state index contributed by atoms with van der Waals surface area (Å²) in [4.78, 5) is 0. The molecule has 0 saturated heterocycles. The number of aliphatic hydroxyl groups excluding tert-OH is 1. The van der Waals surface area contributed by atoms with Crippen LogP contribution >= 0.6 is 0 Å². The Morgan fingerprint density at radius 1 is 1.29 bits per heavy atom. The molecule has 1 unspecified atom stereocenters. The lowest BCUT2D eigenvalue weighted by Gasteiger charge is -2.18. The number of hydrogen-bond acceptors (Lipinski definition) is 2. The first kappa shape index (κ1) is 14.0. The molecule has 1 aromatic carbocycles. The van der Waals surface area contributed by atoms with E-state index in [1.165, 1.54) is 11.1 Å². The van der Waals surface area contributed by atoms with Gasteiger partial charge in [-0.3, -0.25) is 0 Å². The van der Waals surface area contributed by atoms with Crippen molar-refractivity contribution >= 4 is 0 Å². The van der Waals surface area contributed by atoms with Crippen LogP contribution in [0.5, 0.6) is 5.75 Å². The number of aliphatic hydroxyl groups is 1. The van der Waals surface area contributed by atoms with Gasteiger partial charge in [0, 0.05) is 12.5 Å². The van der Waals surface area contributed by atoms with Crippen LogP contribution in [0.4, 0.5) is 0 Å². The lowest BCUT2D eigenvalue weighted by atomic mass is 9.91. The Kier molecular flexibility index (Phi) is 5.49. The van der Waals surface area contributed by atoms with Gasteiger partial charge in [0.05, 0.1) is 7.11 Å². The van der Waals surface area contributed by atoms with Crippen molar-refractivity contribution < 1.29 is 9.84 Å². The van der Waals surface area contributed by atoms with E-state index in [2.05, 4.69) is 32.9 Å². The van der Waals surface area contributed by atoms with Crippen molar-refractivity contribution in [2.24, 2.45) is 0 Å². The summed E-state index contributed by atoms with van der Waals surface area (Å²) >= 11 is 0. The van der Waals surface area contributed by atoms with Crippen LogP contribution in [0.25, 0.3) is 0 Å². The van der Waals surface area contributed by atoms with Gasteiger partial charge in [0.2, 0.25) is 0 Å². The average molecular weight is 236 g/mol. The SMILES string of the molecule is CCCC(CO)c1ccc(OC)c(C(C)C)c1. The van der Waals surface area contributed by atoms with E-state index in [1.54, 1.807) is 7.11 Å². The third-order valence-corrected chi connectivity index (χ3v) is 3.20. The molecule has 0 heterocycles. The third kappa shape index (κ3) is 3.47. The molecule has 1 N–H and O–H groups in total. The highest BCUT2D eigenvalue weighted by Gasteiger charge is 2.14. The molecule has 0 aliphatic heterocycles. The minimum atomic E-state index is 0.220. The summed E-state index contributed by atoms with van der Waals surface area (Å²) in [6, 6.07) is 6.27. The van der Waals surface area contributed by atoms with E-state index in [0.29, 0.717) is 5.92 Å². The highest BCUT2D eigenvalue weighted by molar-refractivity contribution is 5.40. The Morgan fingerprint density at radius 2 is 2.00 bits per heavy atom. The van der Waals surface area contributed by atoms with E-state index in [-0.39, 0.29) is 12.5 Å². The zero-order valence-corrected chi connectivity index (χ0v) is 11.4. The first-order chi connectivity index (χ1) is 8.13. The lowest BCUT2D eigenvalue weighted by molar-refractivity contribution is 0.258. The van der Waals surface area contributed by atoms with Gasteiger partial charge in [0.15, 0.2) is 0 Å². The number of hydrogen-bond donors (Lipinski definition) is 1. The number of benzene rings is 1. The number of methoxy groups -OCH3 is 1. The van der Waals surface area contributed by atoms with E-state index in [9.17, 15) is 5.11 Å². The molecular formula is C15H24O2.